The third-order valence-electron chi connectivity index (χ3n) is 4.36. The average molecular weight is 255 g/mol. The van der Waals surface area contributed by atoms with E-state index in [0.29, 0.717) is 17.4 Å². The molecule has 1 heterocycles. The largest absolute Gasteiger partial charge is 0.416 e. The molecule has 18 heavy (non-hydrogen) atoms. The number of hydrogen-bond donors (Lipinski definition) is 1. The minimum Gasteiger partial charge on any atom is -0.316 e. The lowest BCUT2D eigenvalue weighted by Crippen LogP contribution is -2.14. The van der Waals surface area contributed by atoms with Gasteiger partial charge in [-0.25, -0.2) is 0 Å². The summed E-state index contributed by atoms with van der Waals surface area (Å²) in [6.07, 6.45) is -2.44. The molecule has 1 aliphatic heterocycles. The second kappa shape index (κ2) is 4.26. The second-order valence-corrected chi connectivity index (χ2v) is 5.43. The van der Waals surface area contributed by atoms with Crippen LogP contribution in [0.2, 0.25) is 0 Å². The molecule has 3 rings (SSSR count). The summed E-state index contributed by atoms with van der Waals surface area (Å²) in [7, 11) is 0. The van der Waals surface area contributed by atoms with Crippen molar-refractivity contribution in [3.05, 3.63) is 35.4 Å². The summed E-state index contributed by atoms with van der Waals surface area (Å²) in [5.41, 5.74) is 0.0577. The molecular formula is C14H16F3N. The Labute approximate surface area is 104 Å². The zero-order valence-electron chi connectivity index (χ0n) is 10.0. The highest BCUT2D eigenvalue weighted by molar-refractivity contribution is 5.33. The molecule has 4 heteroatoms. The maximum absolute atomic E-state index is 13.0. The maximum Gasteiger partial charge on any atom is 0.416 e. The highest BCUT2D eigenvalue weighted by Crippen LogP contribution is 2.47. The highest BCUT2D eigenvalue weighted by atomic mass is 19.4. The van der Waals surface area contributed by atoms with Gasteiger partial charge in [-0.15, -0.1) is 0 Å². The van der Waals surface area contributed by atoms with Crippen LogP contribution in [-0.4, -0.2) is 13.1 Å². The van der Waals surface area contributed by atoms with Crippen LogP contribution >= 0.6 is 0 Å². The van der Waals surface area contributed by atoms with E-state index in [9.17, 15) is 13.2 Å². The normalized spacial score (nSPS) is 28.6. The highest BCUT2D eigenvalue weighted by Gasteiger charge is 2.41. The summed E-state index contributed by atoms with van der Waals surface area (Å²) in [5, 5.41) is 3.32. The lowest BCUT2D eigenvalue weighted by molar-refractivity contribution is -0.138. The Kier molecular flexibility index (Phi) is 2.85. The van der Waals surface area contributed by atoms with Crippen molar-refractivity contribution in [1.29, 1.82) is 0 Å². The molecule has 98 valence electrons. The van der Waals surface area contributed by atoms with Crippen LogP contribution < -0.4 is 5.32 Å². The quantitative estimate of drug-likeness (QED) is 0.810. The van der Waals surface area contributed by atoms with Gasteiger partial charge in [-0.2, -0.15) is 13.2 Å². The van der Waals surface area contributed by atoms with E-state index in [1.54, 1.807) is 12.1 Å². The minimum absolute atomic E-state index is 0.0833. The van der Waals surface area contributed by atoms with Crippen LogP contribution in [0.4, 0.5) is 13.2 Å². The minimum atomic E-state index is -4.23. The number of hydrogen-bond acceptors (Lipinski definition) is 1. The van der Waals surface area contributed by atoms with Crippen LogP contribution in [0.25, 0.3) is 0 Å². The van der Waals surface area contributed by atoms with E-state index in [2.05, 4.69) is 5.32 Å². The van der Waals surface area contributed by atoms with Gasteiger partial charge >= 0.3 is 6.18 Å². The van der Waals surface area contributed by atoms with Crippen LogP contribution in [0.1, 0.15) is 29.9 Å². The fourth-order valence-corrected chi connectivity index (χ4v) is 3.53. The van der Waals surface area contributed by atoms with Gasteiger partial charge in [0, 0.05) is 0 Å². The van der Waals surface area contributed by atoms with Crippen molar-refractivity contribution < 1.29 is 13.2 Å². The van der Waals surface area contributed by atoms with Crippen LogP contribution in [0.5, 0.6) is 0 Å². The molecule has 0 aromatic heterocycles. The Morgan fingerprint density at radius 1 is 1.00 bits per heavy atom. The van der Waals surface area contributed by atoms with Crippen LogP contribution in [-0.2, 0) is 6.18 Å². The van der Waals surface area contributed by atoms with Crippen LogP contribution in [0.3, 0.4) is 0 Å². The molecule has 1 saturated heterocycles. The lowest BCUT2D eigenvalue weighted by atomic mass is 9.91. The van der Waals surface area contributed by atoms with Crippen molar-refractivity contribution in [2.24, 2.45) is 11.8 Å². The molecule has 1 N–H and O–H groups in total. The van der Waals surface area contributed by atoms with E-state index in [1.165, 1.54) is 12.1 Å². The van der Waals surface area contributed by atoms with E-state index in [-0.39, 0.29) is 5.92 Å². The van der Waals surface area contributed by atoms with Gasteiger partial charge in [0.15, 0.2) is 0 Å². The molecule has 2 atom stereocenters. The summed E-state index contributed by atoms with van der Waals surface area (Å²) < 4.78 is 38.9. The molecule has 0 bridgehead atoms. The molecular weight excluding hydrogens is 239 g/mol. The van der Waals surface area contributed by atoms with Crippen LogP contribution in [0.15, 0.2) is 24.3 Å². The molecule has 2 aliphatic rings. The molecule has 0 unspecified atom stereocenters. The van der Waals surface area contributed by atoms with Gasteiger partial charge in [-0.05, 0) is 55.3 Å². The first-order valence-electron chi connectivity index (χ1n) is 6.42. The zero-order valence-corrected chi connectivity index (χ0v) is 10.0. The smallest absolute Gasteiger partial charge is 0.316 e. The summed E-state index contributed by atoms with van der Waals surface area (Å²) in [4.78, 5) is 0. The zero-order chi connectivity index (χ0) is 12.8. The molecule has 0 amide bonds. The van der Waals surface area contributed by atoms with Crippen molar-refractivity contribution in [3.63, 3.8) is 0 Å². The first-order valence-corrected chi connectivity index (χ1v) is 6.42. The van der Waals surface area contributed by atoms with E-state index in [4.69, 9.17) is 0 Å². The van der Waals surface area contributed by atoms with E-state index in [1.807, 2.05) is 0 Å². The summed E-state index contributed by atoms with van der Waals surface area (Å²) >= 11 is 0. The first kappa shape index (κ1) is 12.0. The second-order valence-electron chi connectivity index (χ2n) is 5.43. The number of benzene rings is 1. The monoisotopic (exact) mass is 255 g/mol. The molecule has 1 nitrogen and oxygen atoms in total. The average Bonchev–Trinajstić information content (AvgIpc) is 2.87. The Hall–Kier alpha value is -1.03. The Balaban J connectivity index is 1.89. The molecule has 0 radical (unpaired) electrons. The van der Waals surface area contributed by atoms with Crippen LogP contribution in [0, 0.1) is 11.8 Å². The standard InChI is InChI=1S/C14H16F3N/c15-14(16,17)13-4-2-1-3-12(13)9-5-10-7-18-8-11(10)6-9/h1-4,9-11,18H,5-8H2/t10-,11-/m1/s1. The van der Waals surface area contributed by atoms with Gasteiger partial charge in [-0.3, -0.25) is 0 Å². The van der Waals surface area contributed by atoms with Crippen molar-refractivity contribution in [2.75, 3.05) is 13.1 Å². The van der Waals surface area contributed by atoms with E-state index in [0.717, 1.165) is 25.9 Å². The summed E-state index contributed by atoms with van der Waals surface area (Å²) in [6.45, 7) is 1.94. The lowest BCUT2D eigenvalue weighted by Gasteiger charge is -2.18. The Morgan fingerprint density at radius 3 is 2.22 bits per heavy atom. The van der Waals surface area contributed by atoms with Gasteiger partial charge in [-0.1, -0.05) is 18.2 Å². The maximum atomic E-state index is 13.0. The van der Waals surface area contributed by atoms with Crippen molar-refractivity contribution in [2.45, 2.75) is 24.9 Å². The topological polar surface area (TPSA) is 12.0 Å². The fourth-order valence-electron chi connectivity index (χ4n) is 3.53. The first-order chi connectivity index (χ1) is 8.55. The third-order valence-corrected chi connectivity index (χ3v) is 4.36. The molecule has 0 spiro atoms. The fraction of sp³-hybridized carbons (Fsp3) is 0.571. The molecule has 1 saturated carbocycles. The van der Waals surface area contributed by atoms with Gasteiger partial charge in [0.25, 0.3) is 0 Å². The number of fused-ring (bicyclic) bond motifs is 1. The van der Waals surface area contributed by atoms with Gasteiger partial charge in [0.2, 0.25) is 0 Å². The van der Waals surface area contributed by atoms with Gasteiger partial charge < -0.3 is 5.32 Å². The van der Waals surface area contributed by atoms with Crippen molar-refractivity contribution in [1.82, 2.24) is 5.32 Å². The predicted molar refractivity (Wildman–Crippen MR) is 63.3 cm³/mol. The number of alkyl halides is 3. The van der Waals surface area contributed by atoms with Gasteiger partial charge in [0.1, 0.15) is 0 Å². The van der Waals surface area contributed by atoms with Crippen molar-refractivity contribution in [3.8, 4) is 0 Å². The summed E-state index contributed by atoms with van der Waals surface area (Å²) in [6, 6.07) is 6.06. The number of rotatable bonds is 1. The summed E-state index contributed by atoms with van der Waals surface area (Å²) in [5.74, 6) is 1.22. The van der Waals surface area contributed by atoms with E-state index < -0.39 is 11.7 Å². The number of halogens is 3. The SMILES string of the molecule is FC(F)(F)c1ccccc1C1C[C@@H]2CNC[C@H]2C1. The molecule has 1 aromatic rings. The molecule has 1 aromatic carbocycles. The van der Waals surface area contributed by atoms with Crippen molar-refractivity contribution >= 4 is 0 Å². The Morgan fingerprint density at radius 2 is 1.61 bits per heavy atom. The number of nitrogens with one attached hydrogen (secondary N) is 1. The van der Waals surface area contributed by atoms with Gasteiger partial charge in [0.05, 0.1) is 5.56 Å². The predicted octanol–water partition coefficient (Wildman–Crippen LogP) is 3.42. The third kappa shape index (κ3) is 2.03. The Bertz CT molecular complexity index is 429. The molecule has 2 fully saturated rings. The van der Waals surface area contributed by atoms with E-state index >= 15 is 0 Å². The molecule has 1 aliphatic carbocycles.